The number of benzene rings is 3. The van der Waals surface area contributed by atoms with Crippen LogP contribution >= 0.6 is 34.8 Å². The molecule has 0 aliphatic carbocycles. The highest BCUT2D eigenvalue weighted by Crippen LogP contribution is 2.33. The summed E-state index contributed by atoms with van der Waals surface area (Å²) in [6.07, 6.45) is 3.43. The molecule has 0 spiro atoms. The number of methoxy groups -OCH3 is 1. The number of ether oxygens (including phenoxy) is 3. The molecule has 0 amide bonds. The van der Waals surface area contributed by atoms with Crippen LogP contribution in [0.25, 0.3) is 11.8 Å². The molecule has 0 unspecified atom stereocenters. The molecule has 162 valence electrons. The lowest BCUT2D eigenvalue weighted by molar-refractivity contribution is -0.130. The molecule has 4 rings (SSSR count). The van der Waals surface area contributed by atoms with Crippen LogP contribution in [-0.4, -0.2) is 13.1 Å². The van der Waals surface area contributed by atoms with Gasteiger partial charge in [0.15, 0.2) is 11.5 Å². The van der Waals surface area contributed by atoms with Crippen molar-refractivity contribution in [1.82, 2.24) is 0 Å². The zero-order valence-corrected chi connectivity index (χ0v) is 19.2. The van der Waals surface area contributed by atoms with Crippen LogP contribution in [0.1, 0.15) is 16.7 Å². The van der Waals surface area contributed by atoms with E-state index in [9.17, 15) is 4.79 Å². The van der Waals surface area contributed by atoms with E-state index in [2.05, 4.69) is 0 Å². The quantitative estimate of drug-likeness (QED) is 0.272. The lowest BCUT2D eigenvalue weighted by Crippen LogP contribution is -1.99. The number of hydrogen-bond donors (Lipinski definition) is 0. The first-order chi connectivity index (χ1) is 15.4. The van der Waals surface area contributed by atoms with Gasteiger partial charge in [0.05, 0.1) is 12.7 Å². The molecule has 0 atom stereocenters. The molecule has 0 saturated heterocycles. The predicted molar refractivity (Wildman–Crippen MR) is 127 cm³/mol. The fourth-order valence-electron chi connectivity index (χ4n) is 3.11. The van der Waals surface area contributed by atoms with Crippen LogP contribution in [0.3, 0.4) is 0 Å². The Bertz CT molecular complexity index is 1230. The van der Waals surface area contributed by atoms with Gasteiger partial charge < -0.3 is 14.2 Å². The van der Waals surface area contributed by atoms with Crippen molar-refractivity contribution in [2.75, 3.05) is 7.11 Å². The number of cyclic esters (lactones) is 1. The second-order valence-electron chi connectivity index (χ2n) is 6.94. The molecule has 32 heavy (non-hydrogen) atoms. The van der Waals surface area contributed by atoms with Crippen molar-refractivity contribution in [3.8, 4) is 11.5 Å². The maximum atomic E-state index is 12.3. The van der Waals surface area contributed by atoms with Gasteiger partial charge in [0.2, 0.25) is 0 Å². The van der Waals surface area contributed by atoms with Gasteiger partial charge >= 0.3 is 5.97 Å². The highest BCUT2D eigenvalue weighted by Gasteiger charge is 2.22. The molecule has 0 aromatic heterocycles. The topological polar surface area (TPSA) is 44.8 Å². The number of rotatable bonds is 6. The molecule has 0 fully saturated rings. The van der Waals surface area contributed by atoms with E-state index in [-0.39, 0.29) is 6.61 Å². The van der Waals surface area contributed by atoms with Gasteiger partial charge in [0.25, 0.3) is 0 Å². The van der Waals surface area contributed by atoms with Crippen molar-refractivity contribution in [1.29, 1.82) is 0 Å². The minimum atomic E-state index is -0.424. The third-order valence-corrected chi connectivity index (χ3v) is 5.60. The summed E-state index contributed by atoms with van der Waals surface area (Å²) in [5.41, 5.74) is 2.77. The molecule has 0 N–H and O–H groups in total. The van der Waals surface area contributed by atoms with Gasteiger partial charge in [-0.15, -0.1) is 0 Å². The summed E-state index contributed by atoms with van der Waals surface area (Å²) in [6.45, 7) is 0.256. The van der Waals surface area contributed by atoms with Crippen LogP contribution in [0.2, 0.25) is 15.1 Å². The van der Waals surface area contributed by atoms with Crippen LogP contribution in [-0.2, 0) is 16.1 Å². The number of hydrogen-bond acceptors (Lipinski definition) is 4. The fourth-order valence-corrected chi connectivity index (χ4v) is 3.70. The zero-order chi connectivity index (χ0) is 22.7. The molecule has 0 bridgehead atoms. The normalized spacial score (nSPS) is 14.3. The number of esters is 1. The van der Waals surface area contributed by atoms with Gasteiger partial charge in [0.1, 0.15) is 12.4 Å². The molecule has 0 saturated carbocycles. The molecule has 1 heterocycles. The van der Waals surface area contributed by atoms with E-state index in [1.54, 1.807) is 67.8 Å². The Kier molecular flexibility index (Phi) is 6.75. The second-order valence-corrected chi connectivity index (χ2v) is 8.22. The first-order valence-electron chi connectivity index (χ1n) is 9.59. The summed E-state index contributed by atoms with van der Waals surface area (Å²) in [6, 6.07) is 17.7. The summed E-state index contributed by atoms with van der Waals surface area (Å²) < 4.78 is 16.7. The number of halogens is 3. The zero-order valence-electron chi connectivity index (χ0n) is 16.9. The van der Waals surface area contributed by atoms with Crippen LogP contribution in [0.15, 0.2) is 72.3 Å². The molecular weight excluding hydrogens is 471 g/mol. The van der Waals surface area contributed by atoms with E-state index in [4.69, 9.17) is 49.0 Å². The summed E-state index contributed by atoms with van der Waals surface area (Å²) in [5.74, 6) is 1.13. The first kappa shape index (κ1) is 22.3. The smallest absolute Gasteiger partial charge is 0.343 e. The molecule has 3 aromatic carbocycles. The highest BCUT2D eigenvalue weighted by molar-refractivity contribution is 6.35. The third-order valence-electron chi connectivity index (χ3n) is 4.76. The lowest BCUT2D eigenvalue weighted by atomic mass is 10.1. The van der Waals surface area contributed by atoms with E-state index in [0.29, 0.717) is 37.9 Å². The average Bonchev–Trinajstić information content (AvgIpc) is 3.14. The standard InChI is InChI=1S/C25H17Cl3O4/c1-30-24-11-15(2-9-22(24)31-14-17-5-8-20(27)13-21(17)28)10-18-12-23(32-25(18)29)16-3-6-19(26)7-4-16/h2-13H,14H2,1H3/b18-10+. The summed E-state index contributed by atoms with van der Waals surface area (Å²) in [4.78, 5) is 12.3. The summed E-state index contributed by atoms with van der Waals surface area (Å²) in [5, 5.41) is 1.70. The summed E-state index contributed by atoms with van der Waals surface area (Å²) in [7, 11) is 1.55. The van der Waals surface area contributed by atoms with Gasteiger partial charge in [-0.3, -0.25) is 0 Å². The molecule has 1 aliphatic heterocycles. The van der Waals surface area contributed by atoms with E-state index >= 15 is 0 Å². The van der Waals surface area contributed by atoms with Crippen molar-refractivity contribution in [2.24, 2.45) is 0 Å². The van der Waals surface area contributed by atoms with Crippen molar-refractivity contribution >= 4 is 52.6 Å². The van der Waals surface area contributed by atoms with Gasteiger partial charge in [-0.05, 0) is 66.2 Å². The van der Waals surface area contributed by atoms with Crippen molar-refractivity contribution in [3.05, 3.63) is 104 Å². The van der Waals surface area contributed by atoms with Crippen molar-refractivity contribution in [2.45, 2.75) is 6.61 Å². The third kappa shape index (κ3) is 5.10. The lowest BCUT2D eigenvalue weighted by Gasteiger charge is -2.12. The average molecular weight is 488 g/mol. The van der Waals surface area contributed by atoms with Gasteiger partial charge in [-0.25, -0.2) is 4.79 Å². The maximum Gasteiger partial charge on any atom is 0.343 e. The largest absolute Gasteiger partial charge is 0.493 e. The molecule has 7 heteroatoms. The van der Waals surface area contributed by atoms with Crippen molar-refractivity contribution < 1.29 is 19.0 Å². The molecule has 0 radical (unpaired) electrons. The van der Waals surface area contributed by atoms with Crippen molar-refractivity contribution in [3.63, 3.8) is 0 Å². The first-order valence-corrected chi connectivity index (χ1v) is 10.7. The Morgan fingerprint density at radius 2 is 1.66 bits per heavy atom. The van der Waals surface area contributed by atoms with Crippen LogP contribution in [0, 0.1) is 0 Å². The molecule has 3 aromatic rings. The van der Waals surface area contributed by atoms with E-state index < -0.39 is 5.97 Å². The Hall–Kier alpha value is -2.92. The van der Waals surface area contributed by atoms with E-state index in [1.807, 2.05) is 12.1 Å². The molecule has 1 aliphatic rings. The minimum absolute atomic E-state index is 0.256. The molecular formula is C25H17Cl3O4. The Labute approximate surface area is 200 Å². The SMILES string of the molecule is COc1cc(/C=C2\C=C(c3ccc(Cl)cc3)OC2=O)ccc1OCc1ccc(Cl)cc1Cl. The fraction of sp³-hybridized carbons (Fsp3) is 0.0800. The van der Waals surface area contributed by atoms with Crippen LogP contribution < -0.4 is 9.47 Å². The number of carbonyl (C=O) groups is 1. The van der Waals surface area contributed by atoms with Crippen LogP contribution in [0.4, 0.5) is 0 Å². The maximum absolute atomic E-state index is 12.3. The molecule has 4 nitrogen and oxygen atoms in total. The van der Waals surface area contributed by atoms with E-state index in [0.717, 1.165) is 16.7 Å². The van der Waals surface area contributed by atoms with Crippen LogP contribution in [0.5, 0.6) is 11.5 Å². The predicted octanol–water partition coefficient (Wildman–Crippen LogP) is 7.22. The second kappa shape index (κ2) is 9.70. The minimum Gasteiger partial charge on any atom is -0.493 e. The Morgan fingerprint density at radius 1 is 0.906 bits per heavy atom. The summed E-state index contributed by atoms with van der Waals surface area (Å²) >= 11 is 18.1. The number of carbonyl (C=O) groups excluding carboxylic acids is 1. The Morgan fingerprint density at radius 3 is 2.38 bits per heavy atom. The van der Waals surface area contributed by atoms with Gasteiger partial charge in [-0.1, -0.05) is 46.9 Å². The van der Waals surface area contributed by atoms with Gasteiger partial charge in [0, 0.05) is 26.2 Å². The monoisotopic (exact) mass is 486 g/mol. The Balaban J connectivity index is 1.53. The van der Waals surface area contributed by atoms with Gasteiger partial charge in [-0.2, -0.15) is 0 Å². The van der Waals surface area contributed by atoms with E-state index in [1.165, 1.54) is 0 Å². The highest BCUT2D eigenvalue weighted by atomic mass is 35.5.